The first-order valence-corrected chi connectivity index (χ1v) is 11.6. The minimum Gasteiger partial charge on any atom is -0.389 e. The van der Waals surface area contributed by atoms with Crippen LogP contribution >= 0.6 is 0 Å². The first kappa shape index (κ1) is 25.3. The van der Waals surface area contributed by atoms with Crippen molar-refractivity contribution in [3.8, 4) is 0 Å². The van der Waals surface area contributed by atoms with Crippen molar-refractivity contribution in [2.75, 3.05) is 45.9 Å². The van der Waals surface area contributed by atoms with Crippen molar-refractivity contribution in [3.05, 3.63) is 71.5 Å². The number of rotatable bonds is 11. The third kappa shape index (κ3) is 8.51. The minimum absolute atomic E-state index is 0.126. The van der Waals surface area contributed by atoms with Gasteiger partial charge in [-0.1, -0.05) is 44.2 Å². The van der Waals surface area contributed by atoms with E-state index in [9.17, 15) is 14.3 Å². The van der Waals surface area contributed by atoms with Crippen molar-refractivity contribution in [3.63, 3.8) is 0 Å². The van der Waals surface area contributed by atoms with Crippen LogP contribution in [0.3, 0.4) is 0 Å². The topological polar surface area (TPSA) is 62.2 Å². The molecule has 0 aromatic heterocycles. The van der Waals surface area contributed by atoms with E-state index in [0.717, 1.165) is 12.1 Å². The van der Waals surface area contributed by atoms with E-state index in [1.807, 2.05) is 30.3 Å². The van der Waals surface area contributed by atoms with Crippen molar-refractivity contribution in [2.24, 2.45) is 5.92 Å². The second-order valence-corrected chi connectivity index (χ2v) is 9.02. The van der Waals surface area contributed by atoms with Crippen LogP contribution in [0.15, 0.2) is 54.6 Å². The largest absolute Gasteiger partial charge is 0.389 e. The van der Waals surface area contributed by atoms with Crippen LogP contribution in [0.1, 0.15) is 29.8 Å². The fourth-order valence-corrected chi connectivity index (χ4v) is 4.00. The summed E-state index contributed by atoms with van der Waals surface area (Å²) in [5, 5.41) is 10.4. The Balaban J connectivity index is 1.49. The highest BCUT2D eigenvalue weighted by molar-refractivity contribution is 5.94. The molecule has 2 aromatic carbocycles. The first-order valence-electron chi connectivity index (χ1n) is 11.6. The highest BCUT2D eigenvalue weighted by atomic mass is 19.1. The zero-order valence-corrected chi connectivity index (χ0v) is 19.5. The Hall–Kier alpha value is -2.32. The molecule has 6 nitrogen and oxygen atoms in total. The Morgan fingerprint density at radius 3 is 2.64 bits per heavy atom. The molecular weight excluding hydrogens is 423 g/mol. The van der Waals surface area contributed by atoms with E-state index in [-0.39, 0.29) is 30.4 Å². The van der Waals surface area contributed by atoms with Crippen LogP contribution in [-0.2, 0) is 16.1 Å². The number of morpholine rings is 1. The number of hydrogen-bond acceptors (Lipinski definition) is 5. The molecule has 0 saturated carbocycles. The van der Waals surface area contributed by atoms with E-state index in [1.165, 1.54) is 24.3 Å². The molecule has 0 unspecified atom stereocenters. The summed E-state index contributed by atoms with van der Waals surface area (Å²) in [5.41, 5.74) is 1.54. The van der Waals surface area contributed by atoms with Crippen LogP contribution in [-0.4, -0.2) is 79.0 Å². The van der Waals surface area contributed by atoms with Crippen molar-refractivity contribution in [1.82, 2.24) is 9.80 Å². The summed E-state index contributed by atoms with van der Waals surface area (Å²) in [6.07, 6.45) is -0.751. The van der Waals surface area contributed by atoms with Gasteiger partial charge in [-0.3, -0.25) is 9.69 Å². The van der Waals surface area contributed by atoms with Gasteiger partial charge in [0.1, 0.15) is 5.82 Å². The van der Waals surface area contributed by atoms with Gasteiger partial charge in [-0.2, -0.15) is 0 Å². The molecule has 0 bridgehead atoms. The third-order valence-corrected chi connectivity index (χ3v) is 5.50. The lowest BCUT2D eigenvalue weighted by Gasteiger charge is -2.37. The average molecular weight is 459 g/mol. The number of aliphatic hydroxyl groups excluding tert-OH is 1. The lowest BCUT2D eigenvalue weighted by molar-refractivity contribution is -0.0602. The van der Waals surface area contributed by atoms with Gasteiger partial charge in [0.15, 0.2) is 0 Å². The third-order valence-electron chi connectivity index (χ3n) is 5.50. The molecule has 1 fully saturated rings. The Labute approximate surface area is 195 Å². The molecule has 1 amide bonds. The lowest BCUT2D eigenvalue weighted by atomic mass is 10.1. The number of hydrogen-bond donors (Lipinski definition) is 1. The molecule has 1 saturated heterocycles. The van der Waals surface area contributed by atoms with Gasteiger partial charge in [0.25, 0.3) is 5.91 Å². The van der Waals surface area contributed by atoms with Crippen LogP contribution in [0.2, 0.25) is 0 Å². The highest BCUT2D eigenvalue weighted by Gasteiger charge is 2.27. The van der Waals surface area contributed by atoms with E-state index in [2.05, 4.69) is 18.7 Å². The molecule has 1 N–H and O–H groups in total. The Morgan fingerprint density at radius 1 is 1.21 bits per heavy atom. The van der Waals surface area contributed by atoms with E-state index in [1.54, 1.807) is 4.90 Å². The summed E-state index contributed by atoms with van der Waals surface area (Å²) in [6, 6.07) is 15.5. The summed E-state index contributed by atoms with van der Waals surface area (Å²) in [4.78, 5) is 17.0. The Morgan fingerprint density at radius 2 is 1.94 bits per heavy atom. The monoisotopic (exact) mass is 458 g/mol. The van der Waals surface area contributed by atoms with Gasteiger partial charge in [0.2, 0.25) is 0 Å². The molecule has 0 aliphatic carbocycles. The molecule has 3 rings (SSSR count). The van der Waals surface area contributed by atoms with Crippen molar-refractivity contribution in [1.29, 1.82) is 0 Å². The molecule has 33 heavy (non-hydrogen) atoms. The summed E-state index contributed by atoms with van der Waals surface area (Å²) >= 11 is 0. The number of halogens is 1. The maximum atomic E-state index is 13.3. The maximum absolute atomic E-state index is 13.3. The molecule has 1 heterocycles. The maximum Gasteiger partial charge on any atom is 0.253 e. The van der Waals surface area contributed by atoms with Crippen molar-refractivity contribution < 1.29 is 23.8 Å². The van der Waals surface area contributed by atoms with E-state index in [0.29, 0.717) is 45.0 Å². The number of carbonyl (C=O) groups is 1. The summed E-state index contributed by atoms with van der Waals surface area (Å²) in [5.74, 6) is -0.198. The quantitative estimate of drug-likeness (QED) is 0.560. The number of ether oxygens (including phenoxy) is 2. The van der Waals surface area contributed by atoms with E-state index >= 15 is 0 Å². The smallest absolute Gasteiger partial charge is 0.253 e. The first-order chi connectivity index (χ1) is 15.9. The minimum atomic E-state index is -0.597. The zero-order valence-electron chi connectivity index (χ0n) is 19.5. The predicted octanol–water partition coefficient (Wildman–Crippen LogP) is 3.20. The number of amides is 1. The second kappa shape index (κ2) is 12.8. The molecule has 0 spiro atoms. The van der Waals surface area contributed by atoms with Crippen molar-refractivity contribution in [2.45, 2.75) is 32.7 Å². The lowest BCUT2D eigenvalue weighted by Crippen LogP contribution is -2.51. The molecule has 2 aromatic rings. The number of benzene rings is 2. The fraction of sp³-hybridized carbons (Fsp3) is 0.500. The highest BCUT2D eigenvalue weighted by Crippen LogP contribution is 2.14. The van der Waals surface area contributed by atoms with E-state index < -0.39 is 6.10 Å². The van der Waals surface area contributed by atoms with E-state index in [4.69, 9.17) is 9.47 Å². The van der Waals surface area contributed by atoms with Crippen LogP contribution in [0, 0.1) is 11.7 Å². The standard InChI is InChI=1S/C26H35FN2O4/c1-20(2)14-29(26(31)22-8-10-23(27)11-9-22)17-25-16-28(12-13-33-25)15-24(30)19-32-18-21-6-4-3-5-7-21/h3-11,20,24-25,30H,12-19H2,1-2H3/t24-,25+/m1/s1. The van der Waals surface area contributed by atoms with Crippen LogP contribution in [0.5, 0.6) is 0 Å². The molecule has 7 heteroatoms. The molecular formula is C26H35FN2O4. The molecule has 2 atom stereocenters. The average Bonchev–Trinajstić information content (AvgIpc) is 2.79. The van der Waals surface area contributed by atoms with Gasteiger partial charge in [0, 0.05) is 38.3 Å². The van der Waals surface area contributed by atoms with Crippen LogP contribution in [0.4, 0.5) is 4.39 Å². The molecule has 0 radical (unpaired) electrons. The van der Waals surface area contributed by atoms with Gasteiger partial charge < -0.3 is 19.5 Å². The number of aliphatic hydroxyl groups is 1. The summed E-state index contributed by atoms with van der Waals surface area (Å²) < 4.78 is 24.9. The normalized spacial score (nSPS) is 17.8. The van der Waals surface area contributed by atoms with Gasteiger partial charge >= 0.3 is 0 Å². The van der Waals surface area contributed by atoms with Gasteiger partial charge in [0.05, 0.1) is 32.0 Å². The fourth-order valence-electron chi connectivity index (χ4n) is 4.00. The SMILES string of the molecule is CC(C)CN(C[C@@H]1CN(C[C@@H](O)COCc2ccccc2)CCO1)C(=O)c1ccc(F)cc1. The second-order valence-electron chi connectivity index (χ2n) is 9.02. The number of carbonyl (C=O) groups excluding carboxylic acids is 1. The van der Waals surface area contributed by atoms with Crippen LogP contribution in [0.25, 0.3) is 0 Å². The van der Waals surface area contributed by atoms with Gasteiger partial charge in [-0.15, -0.1) is 0 Å². The van der Waals surface area contributed by atoms with Crippen LogP contribution < -0.4 is 0 Å². The number of β-amino-alcohol motifs (C(OH)–C–C–N with tert-alkyl or cyclic N) is 1. The van der Waals surface area contributed by atoms with Gasteiger partial charge in [-0.25, -0.2) is 4.39 Å². The summed E-state index contributed by atoms with van der Waals surface area (Å²) in [7, 11) is 0. The Bertz CT molecular complexity index is 847. The predicted molar refractivity (Wildman–Crippen MR) is 125 cm³/mol. The Kier molecular flexibility index (Phi) is 9.81. The molecule has 1 aliphatic heterocycles. The number of nitrogens with zero attached hydrogens (tertiary/aromatic N) is 2. The summed E-state index contributed by atoms with van der Waals surface area (Å²) in [6.45, 7) is 8.28. The van der Waals surface area contributed by atoms with Gasteiger partial charge in [-0.05, 0) is 35.7 Å². The zero-order chi connectivity index (χ0) is 23.6. The molecule has 1 aliphatic rings. The van der Waals surface area contributed by atoms with Crippen molar-refractivity contribution >= 4 is 5.91 Å². The molecule has 180 valence electrons.